The number of amides is 1. The van der Waals surface area contributed by atoms with Gasteiger partial charge in [-0.2, -0.15) is 4.52 Å². The van der Waals surface area contributed by atoms with Crippen molar-refractivity contribution in [2.45, 2.75) is 13.8 Å². The standard InChI is InChI=1S/C16H18N6O2/c1-11-3-4-13(24-11)16(23)21-7-5-20(6-8-21)15-10-17-9-14-18-12(2)19-22(14)15/h3-4,9-10H,5-8H2,1-2H3. The first-order valence-electron chi connectivity index (χ1n) is 7.90. The van der Waals surface area contributed by atoms with Crippen molar-refractivity contribution in [1.82, 2.24) is 24.5 Å². The number of rotatable bonds is 2. The fourth-order valence-corrected chi connectivity index (χ4v) is 2.97. The van der Waals surface area contributed by atoms with E-state index >= 15 is 0 Å². The van der Waals surface area contributed by atoms with Crippen molar-refractivity contribution < 1.29 is 9.21 Å². The summed E-state index contributed by atoms with van der Waals surface area (Å²) in [7, 11) is 0. The molecule has 0 spiro atoms. The van der Waals surface area contributed by atoms with Gasteiger partial charge >= 0.3 is 0 Å². The Kier molecular flexibility index (Phi) is 3.44. The highest BCUT2D eigenvalue weighted by Crippen LogP contribution is 2.18. The molecule has 0 aliphatic carbocycles. The molecule has 0 bridgehead atoms. The minimum absolute atomic E-state index is 0.0596. The molecule has 4 heterocycles. The summed E-state index contributed by atoms with van der Waals surface area (Å²) in [5.41, 5.74) is 0.731. The smallest absolute Gasteiger partial charge is 0.289 e. The monoisotopic (exact) mass is 326 g/mol. The first-order valence-corrected chi connectivity index (χ1v) is 7.90. The quantitative estimate of drug-likeness (QED) is 0.706. The summed E-state index contributed by atoms with van der Waals surface area (Å²) in [5.74, 6) is 2.70. The van der Waals surface area contributed by atoms with E-state index in [1.165, 1.54) is 0 Å². The Morgan fingerprint density at radius 1 is 1.12 bits per heavy atom. The Balaban J connectivity index is 1.50. The Bertz CT molecular complexity index is 891. The van der Waals surface area contributed by atoms with E-state index < -0.39 is 0 Å². The van der Waals surface area contributed by atoms with Crippen LogP contribution in [0.2, 0.25) is 0 Å². The van der Waals surface area contributed by atoms with Gasteiger partial charge in [-0.05, 0) is 26.0 Å². The lowest BCUT2D eigenvalue weighted by Crippen LogP contribution is -2.49. The van der Waals surface area contributed by atoms with Gasteiger partial charge in [-0.3, -0.25) is 9.78 Å². The van der Waals surface area contributed by atoms with Crippen molar-refractivity contribution >= 4 is 17.4 Å². The predicted octanol–water partition coefficient (Wildman–Crippen LogP) is 1.30. The molecule has 1 saturated heterocycles. The zero-order valence-corrected chi connectivity index (χ0v) is 13.6. The maximum absolute atomic E-state index is 12.4. The van der Waals surface area contributed by atoms with Gasteiger partial charge in [-0.1, -0.05) is 0 Å². The molecule has 0 radical (unpaired) electrons. The number of carbonyl (C=O) groups excluding carboxylic acids is 1. The largest absolute Gasteiger partial charge is 0.456 e. The number of aromatic nitrogens is 4. The highest BCUT2D eigenvalue weighted by atomic mass is 16.3. The molecule has 4 rings (SSSR count). The number of fused-ring (bicyclic) bond motifs is 1. The third-order valence-electron chi connectivity index (χ3n) is 4.18. The van der Waals surface area contributed by atoms with Crippen LogP contribution in [0.4, 0.5) is 5.82 Å². The van der Waals surface area contributed by atoms with Crippen molar-refractivity contribution in [1.29, 1.82) is 0 Å². The van der Waals surface area contributed by atoms with Gasteiger partial charge in [0, 0.05) is 26.2 Å². The van der Waals surface area contributed by atoms with Gasteiger partial charge in [0.25, 0.3) is 5.91 Å². The third kappa shape index (κ3) is 2.49. The molecule has 1 aliphatic heterocycles. The van der Waals surface area contributed by atoms with Crippen LogP contribution in [-0.4, -0.2) is 56.6 Å². The van der Waals surface area contributed by atoms with E-state index in [1.54, 1.807) is 23.0 Å². The maximum atomic E-state index is 12.4. The summed E-state index contributed by atoms with van der Waals surface area (Å²) < 4.78 is 7.23. The van der Waals surface area contributed by atoms with Gasteiger partial charge in [0.05, 0.1) is 12.4 Å². The molecule has 0 atom stereocenters. The van der Waals surface area contributed by atoms with Gasteiger partial charge in [-0.25, -0.2) is 4.98 Å². The van der Waals surface area contributed by atoms with E-state index in [1.807, 2.05) is 24.8 Å². The lowest BCUT2D eigenvalue weighted by molar-refractivity contribution is 0.0713. The number of nitrogens with zero attached hydrogens (tertiary/aromatic N) is 6. The highest BCUT2D eigenvalue weighted by molar-refractivity contribution is 5.91. The number of anilines is 1. The Morgan fingerprint density at radius 3 is 2.62 bits per heavy atom. The fraction of sp³-hybridized carbons (Fsp3) is 0.375. The summed E-state index contributed by atoms with van der Waals surface area (Å²) in [6, 6.07) is 3.54. The van der Waals surface area contributed by atoms with E-state index in [0.717, 1.165) is 17.2 Å². The van der Waals surface area contributed by atoms with E-state index in [4.69, 9.17) is 4.42 Å². The van der Waals surface area contributed by atoms with Crippen LogP contribution in [0.15, 0.2) is 28.9 Å². The summed E-state index contributed by atoms with van der Waals surface area (Å²) in [5, 5.41) is 4.42. The van der Waals surface area contributed by atoms with Crippen LogP contribution in [-0.2, 0) is 0 Å². The van der Waals surface area contributed by atoms with Gasteiger partial charge in [0.15, 0.2) is 17.2 Å². The second-order valence-electron chi connectivity index (χ2n) is 5.88. The second kappa shape index (κ2) is 5.63. The van der Waals surface area contributed by atoms with Crippen molar-refractivity contribution in [3.8, 4) is 0 Å². The van der Waals surface area contributed by atoms with Crippen LogP contribution in [0.1, 0.15) is 22.1 Å². The molecule has 0 N–H and O–H groups in total. The average Bonchev–Trinajstić information content (AvgIpc) is 3.18. The van der Waals surface area contributed by atoms with E-state index in [0.29, 0.717) is 37.8 Å². The van der Waals surface area contributed by atoms with Gasteiger partial charge in [0.1, 0.15) is 11.6 Å². The minimum atomic E-state index is -0.0596. The molecule has 1 aliphatic rings. The molecule has 0 unspecified atom stereocenters. The molecule has 3 aromatic rings. The van der Waals surface area contributed by atoms with E-state index in [2.05, 4.69) is 20.0 Å². The summed E-state index contributed by atoms with van der Waals surface area (Å²) >= 11 is 0. The molecule has 8 nitrogen and oxygen atoms in total. The Hall–Kier alpha value is -2.90. The predicted molar refractivity (Wildman–Crippen MR) is 87.1 cm³/mol. The van der Waals surface area contributed by atoms with E-state index in [-0.39, 0.29) is 5.91 Å². The summed E-state index contributed by atoms with van der Waals surface area (Å²) in [6.07, 6.45) is 3.48. The number of hydrogen-bond acceptors (Lipinski definition) is 6. The zero-order chi connectivity index (χ0) is 16.7. The third-order valence-corrected chi connectivity index (χ3v) is 4.18. The molecule has 124 valence electrons. The first kappa shape index (κ1) is 14.7. The molecule has 1 fully saturated rings. The summed E-state index contributed by atoms with van der Waals surface area (Å²) in [4.78, 5) is 25.0. The van der Waals surface area contributed by atoms with Crippen LogP contribution in [0.5, 0.6) is 0 Å². The van der Waals surface area contributed by atoms with Crippen LogP contribution >= 0.6 is 0 Å². The van der Waals surface area contributed by atoms with Crippen LogP contribution in [0.25, 0.3) is 5.65 Å². The number of carbonyl (C=O) groups is 1. The van der Waals surface area contributed by atoms with Crippen LogP contribution < -0.4 is 4.90 Å². The Labute approximate surface area is 138 Å². The maximum Gasteiger partial charge on any atom is 0.289 e. The normalized spacial score (nSPS) is 15.2. The van der Waals surface area contributed by atoms with Crippen molar-refractivity contribution in [2.24, 2.45) is 0 Å². The highest BCUT2D eigenvalue weighted by Gasteiger charge is 2.25. The lowest BCUT2D eigenvalue weighted by Gasteiger charge is -2.35. The van der Waals surface area contributed by atoms with Crippen molar-refractivity contribution in [3.63, 3.8) is 0 Å². The van der Waals surface area contributed by atoms with Crippen LogP contribution in [0.3, 0.4) is 0 Å². The van der Waals surface area contributed by atoms with Crippen molar-refractivity contribution in [2.75, 3.05) is 31.1 Å². The number of furan rings is 1. The molecular weight excluding hydrogens is 308 g/mol. The first-order chi connectivity index (χ1) is 11.6. The Morgan fingerprint density at radius 2 is 1.92 bits per heavy atom. The average molecular weight is 326 g/mol. The minimum Gasteiger partial charge on any atom is -0.456 e. The van der Waals surface area contributed by atoms with Gasteiger partial charge in [-0.15, -0.1) is 5.10 Å². The second-order valence-corrected chi connectivity index (χ2v) is 5.88. The van der Waals surface area contributed by atoms with Crippen molar-refractivity contribution in [3.05, 3.63) is 41.9 Å². The molecule has 1 amide bonds. The zero-order valence-electron chi connectivity index (χ0n) is 13.6. The topological polar surface area (TPSA) is 79.8 Å². The number of aryl methyl sites for hydroxylation is 2. The number of hydrogen-bond donors (Lipinski definition) is 0. The summed E-state index contributed by atoms with van der Waals surface area (Å²) in [6.45, 7) is 6.38. The molecule has 24 heavy (non-hydrogen) atoms. The molecule has 3 aromatic heterocycles. The molecule has 0 saturated carbocycles. The van der Waals surface area contributed by atoms with Crippen LogP contribution in [0, 0.1) is 13.8 Å². The molecule has 0 aromatic carbocycles. The molecular formula is C16H18N6O2. The molecule has 8 heteroatoms. The SMILES string of the molecule is Cc1nc2cncc(N3CCN(C(=O)c4ccc(C)o4)CC3)n2n1. The lowest BCUT2D eigenvalue weighted by atomic mass is 10.3. The van der Waals surface area contributed by atoms with Gasteiger partial charge < -0.3 is 14.2 Å². The van der Waals surface area contributed by atoms with E-state index in [9.17, 15) is 4.79 Å². The number of piperazine rings is 1. The van der Waals surface area contributed by atoms with Gasteiger partial charge in [0.2, 0.25) is 0 Å². The fourth-order valence-electron chi connectivity index (χ4n) is 2.97.